The molecule has 0 spiro atoms. The molecule has 0 radical (unpaired) electrons. The Hall–Kier alpha value is -0.620. The van der Waals surface area contributed by atoms with E-state index >= 15 is 0 Å². The minimum absolute atomic E-state index is 0. The van der Waals surface area contributed by atoms with Gasteiger partial charge < -0.3 is 15.4 Å². The molecule has 26 heavy (non-hydrogen) atoms. The molecule has 0 amide bonds. The largest absolute Gasteiger partial charge is 0.377 e. The maximum absolute atomic E-state index is 12.2. The molecule has 0 aliphatic rings. The van der Waals surface area contributed by atoms with Crippen LogP contribution in [0.15, 0.2) is 34.2 Å². The fourth-order valence-electron chi connectivity index (χ4n) is 1.76. The zero-order valence-electron chi connectivity index (χ0n) is 15.5. The molecule has 1 aromatic carbocycles. The number of methoxy groups -OCH3 is 1. The molecule has 7 nitrogen and oxygen atoms in total. The minimum Gasteiger partial charge on any atom is -0.377 e. The van der Waals surface area contributed by atoms with Gasteiger partial charge >= 0.3 is 0 Å². The first kappa shape index (κ1) is 25.4. The van der Waals surface area contributed by atoms with Crippen LogP contribution in [-0.2, 0) is 14.8 Å². The summed E-state index contributed by atoms with van der Waals surface area (Å²) in [5.41, 5.74) is -0.365. The monoisotopic (exact) mass is 518 g/mol. The van der Waals surface area contributed by atoms with Crippen LogP contribution in [0.3, 0.4) is 0 Å². The van der Waals surface area contributed by atoms with Crippen LogP contribution >= 0.6 is 35.6 Å². The van der Waals surface area contributed by atoms with Crippen molar-refractivity contribution >= 4 is 51.6 Å². The third-order valence-electron chi connectivity index (χ3n) is 3.33. The summed E-state index contributed by atoms with van der Waals surface area (Å²) in [6, 6.07) is 6.14. The number of aliphatic imine (C=N–C) groups is 1. The van der Waals surface area contributed by atoms with Crippen molar-refractivity contribution in [1.82, 2.24) is 15.4 Å². The number of ether oxygens (including phenoxy) is 1. The normalized spacial score (nSPS) is 12.4. The van der Waals surface area contributed by atoms with Crippen molar-refractivity contribution in [2.45, 2.75) is 31.3 Å². The van der Waals surface area contributed by atoms with E-state index in [2.05, 4.69) is 20.3 Å². The standard InChI is InChI=1S/C16H27ClN4O3S.HI/c1-5-18-15(20-12-16(2,3)24-4)19-9-10-21-25(22,23)14-8-6-7-13(17)11-14;/h6-8,11,21H,5,9-10,12H2,1-4H3,(H2,18,19,20);1H. The molecule has 0 atom stereocenters. The molecule has 0 unspecified atom stereocenters. The van der Waals surface area contributed by atoms with Gasteiger partial charge in [0, 0.05) is 31.8 Å². The molecule has 3 N–H and O–H groups in total. The number of guanidine groups is 1. The molecule has 0 aliphatic carbocycles. The number of rotatable bonds is 9. The highest BCUT2D eigenvalue weighted by Crippen LogP contribution is 2.14. The van der Waals surface area contributed by atoms with Gasteiger partial charge in [0.15, 0.2) is 5.96 Å². The molecule has 0 aliphatic heterocycles. The number of sulfonamides is 1. The van der Waals surface area contributed by atoms with Crippen molar-refractivity contribution in [3.8, 4) is 0 Å². The van der Waals surface area contributed by atoms with Crippen molar-refractivity contribution in [3.63, 3.8) is 0 Å². The minimum atomic E-state index is -3.59. The Morgan fingerprint density at radius 2 is 1.96 bits per heavy atom. The summed E-state index contributed by atoms with van der Waals surface area (Å²) >= 11 is 5.83. The predicted molar refractivity (Wildman–Crippen MR) is 117 cm³/mol. The number of benzene rings is 1. The fourth-order valence-corrected chi connectivity index (χ4v) is 3.09. The van der Waals surface area contributed by atoms with E-state index < -0.39 is 10.0 Å². The van der Waals surface area contributed by atoms with Crippen LogP contribution < -0.4 is 15.4 Å². The Labute approximate surface area is 178 Å². The lowest BCUT2D eigenvalue weighted by molar-refractivity contribution is 0.0310. The van der Waals surface area contributed by atoms with Crippen LogP contribution in [0.2, 0.25) is 5.02 Å². The Balaban J connectivity index is 0.00000625. The fraction of sp³-hybridized carbons (Fsp3) is 0.562. The van der Waals surface area contributed by atoms with E-state index in [1.165, 1.54) is 12.1 Å². The van der Waals surface area contributed by atoms with Gasteiger partial charge in [-0.25, -0.2) is 13.1 Å². The molecule has 0 bridgehead atoms. The van der Waals surface area contributed by atoms with Gasteiger partial charge in [0.1, 0.15) is 0 Å². The lowest BCUT2D eigenvalue weighted by atomic mass is 10.1. The third-order valence-corrected chi connectivity index (χ3v) is 5.02. The second kappa shape index (κ2) is 12.0. The van der Waals surface area contributed by atoms with Crippen molar-refractivity contribution in [2.75, 3.05) is 33.3 Å². The van der Waals surface area contributed by atoms with Crippen molar-refractivity contribution < 1.29 is 13.2 Å². The molecular weight excluding hydrogens is 491 g/mol. The van der Waals surface area contributed by atoms with Gasteiger partial charge in [-0.05, 0) is 39.0 Å². The molecule has 150 valence electrons. The Morgan fingerprint density at radius 3 is 2.54 bits per heavy atom. The van der Waals surface area contributed by atoms with Gasteiger partial charge in [-0.2, -0.15) is 0 Å². The smallest absolute Gasteiger partial charge is 0.240 e. The lowest BCUT2D eigenvalue weighted by Crippen LogP contribution is -2.42. The first-order valence-electron chi connectivity index (χ1n) is 8.03. The quantitative estimate of drug-likeness (QED) is 0.202. The first-order chi connectivity index (χ1) is 11.7. The first-order valence-corrected chi connectivity index (χ1v) is 9.89. The van der Waals surface area contributed by atoms with Crippen LogP contribution in [0.4, 0.5) is 0 Å². The Kier molecular flexibility index (Phi) is 11.7. The van der Waals surface area contributed by atoms with E-state index in [9.17, 15) is 8.42 Å². The van der Waals surface area contributed by atoms with E-state index in [4.69, 9.17) is 16.3 Å². The highest BCUT2D eigenvalue weighted by molar-refractivity contribution is 14.0. The Morgan fingerprint density at radius 1 is 1.27 bits per heavy atom. The van der Waals surface area contributed by atoms with Gasteiger partial charge in [-0.15, -0.1) is 24.0 Å². The highest BCUT2D eigenvalue weighted by Gasteiger charge is 2.16. The summed E-state index contributed by atoms with van der Waals surface area (Å²) in [6.07, 6.45) is 0. The summed E-state index contributed by atoms with van der Waals surface area (Å²) in [6.45, 7) is 7.63. The van der Waals surface area contributed by atoms with Crippen molar-refractivity contribution in [2.24, 2.45) is 4.99 Å². The SMILES string of the molecule is CCNC(=NCC(C)(C)OC)NCCNS(=O)(=O)c1cccc(Cl)c1.I. The third kappa shape index (κ3) is 9.36. The molecule has 0 saturated heterocycles. The lowest BCUT2D eigenvalue weighted by Gasteiger charge is -2.21. The van der Waals surface area contributed by atoms with Crippen LogP contribution in [0, 0.1) is 0 Å². The number of halogens is 2. The summed E-state index contributed by atoms with van der Waals surface area (Å²) in [7, 11) is -1.95. The second-order valence-corrected chi connectivity index (χ2v) is 8.14. The van der Waals surface area contributed by atoms with Gasteiger partial charge in [0.2, 0.25) is 10.0 Å². The maximum Gasteiger partial charge on any atom is 0.240 e. The van der Waals surface area contributed by atoms with E-state index in [0.717, 1.165) is 0 Å². The van der Waals surface area contributed by atoms with Gasteiger partial charge in [0.25, 0.3) is 0 Å². The molecule has 0 fully saturated rings. The molecule has 0 aromatic heterocycles. The zero-order chi connectivity index (χ0) is 18.9. The Bertz CT molecular complexity index is 684. The molecule has 0 saturated carbocycles. The van der Waals surface area contributed by atoms with Crippen LogP contribution in [-0.4, -0.2) is 53.3 Å². The summed E-state index contributed by atoms with van der Waals surface area (Å²) in [4.78, 5) is 4.58. The second-order valence-electron chi connectivity index (χ2n) is 5.94. The average Bonchev–Trinajstić information content (AvgIpc) is 2.56. The summed E-state index contributed by atoms with van der Waals surface area (Å²) in [5, 5.41) is 6.57. The topological polar surface area (TPSA) is 91.8 Å². The average molecular weight is 519 g/mol. The number of nitrogens with one attached hydrogen (secondary N) is 3. The summed E-state index contributed by atoms with van der Waals surface area (Å²) in [5.74, 6) is 0.606. The van der Waals surface area contributed by atoms with E-state index in [1.54, 1.807) is 19.2 Å². The van der Waals surface area contributed by atoms with Gasteiger partial charge in [-0.1, -0.05) is 17.7 Å². The maximum atomic E-state index is 12.2. The van der Waals surface area contributed by atoms with Gasteiger partial charge in [-0.3, -0.25) is 4.99 Å². The van der Waals surface area contributed by atoms with Crippen LogP contribution in [0.1, 0.15) is 20.8 Å². The van der Waals surface area contributed by atoms with E-state index in [1.807, 2.05) is 20.8 Å². The van der Waals surface area contributed by atoms with Crippen molar-refractivity contribution in [3.05, 3.63) is 29.3 Å². The number of hydrogen-bond acceptors (Lipinski definition) is 4. The number of nitrogens with zero attached hydrogens (tertiary/aromatic N) is 1. The molecular formula is C16H28ClIN4O3S. The highest BCUT2D eigenvalue weighted by atomic mass is 127. The zero-order valence-corrected chi connectivity index (χ0v) is 19.4. The van der Waals surface area contributed by atoms with E-state index in [0.29, 0.717) is 30.6 Å². The predicted octanol–water partition coefficient (Wildman–Crippen LogP) is 2.22. The molecule has 1 aromatic rings. The van der Waals surface area contributed by atoms with Crippen LogP contribution in [0.25, 0.3) is 0 Å². The number of hydrogen-bond donors (Lipinski definition) is 3. The van der Waals surface area contributed by atoms with Crippen LogP contribution in [0.5, 0.6) is 0 Å². The van der Waals surface area contributed by atoms with Crippen molar-refractivity contribution in [1.29, 1.82) is 0 Å². The molecule has 10 heteroatoms. The molecule has 1 rings (SSSR count). The summed E-state index contributed by atoms with van der Waals surface area (Å²) < 4.78 is 32.2. The van der Waals surface area contributed by atoms with E-state index in [-0.39, 0.29) is 41.0 Å². The molecule has 0 heterocycles. The van der Waals surface area contributed by atoms with Gasteiger partial charge in [0.05, 0.1) is 17.0 Å².